The van der Waals surface area contributed by atoms with Crippen LogP contribution in [0.3, 0.4) is 0 Å². The molecule has 0 saturated carbocycles. The SMILES string of the molecule is CCC(C)C(NC(=O)C1CCCN1)C(=O)NC(Cc1cnc[nH]1)C(=O)NC(C)C(=O)O. The molecule has 1 saturated heterocycles. The van der Waals surface area contributed by atoms with Crippen LogP contribution in [-0.2, 0) is 25.6 Å². The first kappa shape index (κ1) is 24.3. The summed E-state index contributed by atoms with van der Waals surface area (Å²) in [4.78, 5) is 56.2. The van der Waals surface area contributed by atoms with E-state index in [1.165, 1.54) is 19.4 Å². The zero-order valence-corrected chi connectivity index (χ0v) is 18.1. The Morgan fingerprint density at radius 3 is 2.48 bits per heavy atom. The number of carboxylic acid groups (broad SMARTS) is 1. The summed E-state index contributed by atoms with van der Waals surface area (Å²) in [6.45, 7) is 5.86. The van der Waals surface area contributed by atoms with E-state index in [2.05, 4.69) is 31.2 Å². The average molecular weight is 437 g/mol. The number of carboxylic acids is 1. The standard InChI is InChI=1S/C20H32N6O5/c1-4-11(2)16(26-17(27)14-6-5-7-22-14)19(29)25-15(8-13-9-21-10-23-13)18(28)24-12(3)20(30)31/h9-12,14-16,22H,4-8H2,1-3H3,(H,21,23)(H,24,28)(H,25,29)(H,26,27)(H,30,31). The molecule has 1 aliphatic rings. The van der Waals surface area contributed by atoms with Crippen LogP contribution in [0.2, 0.25) is 0 Å². The molecule has 1 aromatic rings. The molecule has 2 rings (SSSR count). The number of H-pyrrole nitrogens is 1. The number of nitrogens with zero attached hydrogens (tertiary/aromatic N) is 1. The van der Waals surface area contributed by atoms with E-state index in [9.17, 15) is 19.2 Å². The summed E-state index contributed by atoms with van der Waals surface area (Å²) in [5, 5.41) is 20.1. The molecule has 5 atom stereocenters. The van der Waals surface area contributed by atoms with Gasteiger partial charge in [0.2, 0.25) is 17.7 Å². The molecule has 1 aromatic heterocycles. The number of aromatic amines is 1. The number of hydrogen-bond acceptors (Lipinski definition) is 6. The molecular formula is C20H32N6O5. The fourth-order valence-electron chi connectivity index (χ4n) is 3.33. The molecule has 1 aliphatic heterocycles. The number of hydrogen-bond donors (Lipinski definition) is 6. The Morgan fingerprint density at radius 1 is 1.19 bits per heavy atom. The van der Waals surface area contributed by atoms with E-state index in [0.29, 0.717) is 18.5 Å². The minimum absolute atomic E-state index is 0.0925. The van der Waals surface area contributed by atoms with E-state index >= 15 is 0 Å². The van der Waals surface area contributed by atoms with Crippen LogP contribution in [0.25, 0.3) is 0 Å². The molecule has 3 amide bonds. The predicted octanol–water partition coefficient (Wildman–Crippen LogP) is -0.691. The van der Waals surface area contributed by atoms with Crippen molar-refractivity contribution in [2.45, 2.75) is 70.6 Å². The van der Waals surface area contributed by atoms with Crippen molar-refractivity contribution in [3.63, 3.8) is 0 Å². The number of carbonyl (C=O) groups excluding carboxylic acids is 3. The molecule has 6 N–H and O–H groups in total. The topological polar surface area (TPSA) is 165 Å². The molecule has 0 bridgehead atoms. The molecule has 2 heterocycles. The van der Waals surface area contributed by atoms with Crippen molar-refractivity contribution >= 4 is 23.7 Å². The smallest absolute Gasteiger partial charge is 0.325 e. The van der Waals surface area contributed by atoms with Gasteiger partial charge in [0.15, 0.2) is 0 Å². The third-order valence-electron chi connectivity index (χ3n) is 5.51. The highest BCUT2D eigenvalue weighted by Gasteiger charge is 2.33. The second-order valence-electron chi connectivity index (χ2n) is 7.93. The van der Waals surface area contributed by atoms with Crippen LogP contribution in [0.1, 0.15) is 45.7 Å². The minimum Gasteiger partial charge on any atom is -0.480 e. The van der Waals surface area contributed by atoms with Crippen molar-refractivity contribution < 1.29 is 24.3 Å². The van der Waals surface area contributed by atoms with Crippen LogP contribution >= 0.6 is 0 Å². The first-order valence-electron chi connectivity index (χ1n) is 10.6. The summed E-state index contributed by atoms with van der Waals surface area (Å²) in [5.74, 6) is -2.73. The minimum atomic E-state index is -1.19. The van der Waals surface area contributed by atoms with E-state index in [-0.39, 0.29) is 24.3 Å². The second-order valence-corrected chi connectivity index (χ2v) is 7.93. The van der Waals surface area contributed by atoms with Gasteiger partial charge in [-0.1, -0.05) is 20.3 Å². The van der Waals surface area contributed by atoms with E-state index in [1.807, 2.05) is 13.8 Å². The lowest BCUT2D eigenvalue weighted by Gasteiger charge is -2.27. The third kappa shape index (κ3) is 7.06. The Hall–Kier alpha value is -2.95. The van der Waals surface area contributed by atoms with Crippen molar-refractivity contribution in [2.75, 3.05) is 6.54 Å². The van der Waals surface area contributed by atoms with Crippen molar-refractivity contribution in [3.05, 3.63) is 18.2 Å². The number of amides is 3. The van der Waals surface area contributed by atoms with Gasteiger partial charge in [0.05, 0.1) is 12.4 Å². The summed E-state index contributed by atoms with van der Waals surface area (Å²) < 4.78 is 0. The first-order valence-corrected chi connectivity index (χ1v) is 10.6. The lowest BCUT2D eigenvalue weighted by atomic mass is 9.97. The maximum absolute atomic E-state index is 13.1. The lowest BCUT2D eigenvalue weighted by molar-refractivity contribution is -0.141. The number of imidazole rings is 1. The van der Waals surface area contributed by atoms with E-state index in [1.54, 1.807) is 0 Å². The molecule has 0 aromatic carbocycles. The van der Waals surface area contributed by atoms with Gasteiger partial charge in [-0.3, -0.25) is 19.2 Å². The highest BCUT2D eigenvalue weighted by Crippen LogP contribution is 2.12. The maximum Gasteiger partial charge on any atom is 0.325 e. The molecule has 11 heteroatoms. The van der Waals surface area contributed by atoms with Gasteiger partial charge >= 0.3 is 5.97 Å². The van der Waals surface area contributed by atoms with Crippen LogP contribution in [0.15, 0.2) is 12.5 Å². The zero-order chi connectivity index (χ0) is 23.0. The summed E-state index contributed by atoms with van der Waals surface area (Å²) >= 11 is 0. The average Bonchev–Trinajstić information content (AvgIpc) is 3.44. The lowest BCUT2D eigenvalue weighted by Crippen LogP contribution is -2.58. The molecule has 5 unspecified atom stereocenters. The Bertz CT molecular complexity index is 762. The summed E-state index contributed by atoms with van der Waals surface area (Å²) in [5.41, 5.74) is 0.600. The Morgan fingerprint density at radius 2 is 1.94 bits per heavy atom. The van der Waals surface area contributed by atoms with Crippen molar-refractivity contribution in [3.8, 4) is 0 Å². The summed E-state index contributed by atoms with van der Waals surface area (Å²) in [6, 6.07) is -3.32. The van der Waals surface area contributed by atoms with Crippen LogP contribution in [0.5, 0.6) is 0 Å². The highest BCUT2D eigenvalue weighted by molar-refractivity contribution is 5.94. The number of carbonyl (C=O) groups is 4. The fourth-order valence-corrected chi connectivity index (χ4v) is 3.33. The maximum atomic E-state index is 13.1. The van der Waals surface area contributed by atoms with Gasteiger partial charge in [0, 0.05) is 18.3 Å². The Labute approximate surface area is 181 Å². The van der Waals surface area contributed by atoms with E-state index in [4.69, 9.17) is 5.11 Å². The van der Waals surface area contributed by atoms with Crippen LogP contribution in [-0.4, -0.2) is 69.5 Å². The van der Waals surface area contributed by atoms with Crippen molar-refractivity contribution in [2.24, 2.45) is 5.92 Å². The molecule has 1 fully saturated rings. The van der Waals surface area contributed by atoms with Gasteiger partial charge in [-0.15, -0.1) is 0 Å². The van der Waals surface area contributed by atoms with Gasteiger partial charge in [-0.2, -0.15) is 0 Å². The molecular weight excluding hydrogens is 404 g/mol. The normalized spacial score (nSPS) is 19.6. The van der Waals surface area contributed by atoms with Gasteiger partial charge in [0.25, 0.3) is 0 Å². The zero-order valence-electron chi connectivity index (χ0n) is 18.1. The molecule has 0 radical (unpaired) electrons. The third-order valence-corrected chi connectivity index (χ3v) is 5.51. The van der Waals surface area contributed by atoms with Gasteiger partial charge in [0.1, 0.15) is 18.1 Å². The molecule has 0 aliphatic carbocycles. The number of aromatic nitrogens is 2. The molecule has 11 nitrogen and oxygen atoms in total. The Kier molecular flexibility index (Phi) is 8.98. The van der Waals surface area contributed by atoms with Gasteiger partial charge < -0.3 is 31.4 Å². The molecule has 0 spiro atoms. The van der Waals surface area contributed by atoms with E-state index in [0.717, 1.165) is 13.0 Å². The van der Waals surface area contributed by atoms with Crippen LogP contribution < -0.4 is 21.3 Å². The largest absolute Gasteiger partial charge is 0.480 e. The van der Waals surface area contributed by atoms with Crippen LogP contribution in [0.4, 0.5) is 0 Å². The fraction of sp³-hybridized carbons (Fsp3) is 0.650. The first-order chi connectivity index (χ1) is 14.7. The van der Waals surface area contributed by atoms with Crippen LogP contribution in [0, 0.1) is 5.92 Å². The van der Waals surface area contributed by atoms with E-state index < -0.39 is 35.9 Å². The number of aliphatic carboxylic acids is 1. The highest BCUT2D eigenvalue weighted by atomic mass is 16.4. The molecule has 31 heavy (non-hydrogen) atoms. The van der Waals surface area contributed by atoms with Gasteiger partial charge in [-0.05, 0) is 32.2 Å². The quantitative estimate of drug-likeness (QED) is 0.267. The summed E-state index contributed by atoms with van der Waals surface area (Å²) in [7, 11) is 0. The number of nitrogens with one attached hydrogen (secondary N) is 5. The summed E-state index contributed by atoms with van der Waals surface area (Å²) in [6.07, 6.45) is 5.31. The second kappa shape index (κ2) is 11.4. The monoisotopic (exact) mass is 436 g/mol. The van der Waals surface area contributed by atoms with Crippen molar-refractivity contribution in [1.82, 2.24) is 31.2 Å². The Balaban J connectivity index is 2.13. The molecule has 172 valence electrons. The number of rotatable bonds is 11. The van der Waals surface area contributed by atoms with Crippen molar-refractivity contribution in [1.29, 1.82) is 0 Å². The predicted molar refractivity (Wildman–Crippen MR) is 112 cm³/mol. The van der Waals surface area contributed by atoms with Gasteiger partial charge in [-0.25, -0.2) is 4.98 Å².